The van der Waals surface area contributed by atoms with Crippen LogP contribution in [0.25, 0.3) is 0 Å². The number of carbonyl (C=O) groups excluding carboxylic acids is 2. The number of rotatable bonds is 1. The first kappa shape index (κ1) is 13.0. The Labute approximate surface area is 96.0 Å². The third-order valence-electron chi connectivity index (χ3n) is 2.75. The topological polar surface area (TPSA) is 60.9 Å². The second-order valence-corrected chi connectivity index (χ2v) is 4.71. The summed E-state index contributed by atoms with van der Waals surface area (Å²) in [6, 6.07) is 0. The van der Waals surface area contributed by atoms with Crippen molar-refractivity contribution in [2.24, 2.45) is 0 Å². The lowest BCUT2D eigenvalue weighted by molar-refractivity contribution is -0.147. The van der Waals surface area contributed by atoms with E-state index in [9.17, 15) is 14.7 Å². The highest BCUT2D eigenvalue weighted by Crippen LogP contribution is 2.11. The van der Waals surface area contributed by atoms with Crippen molar-refractivity contribution >= 4 is 11.8 Å². The first-order valence-electron chi connectivity index (χ1n) is 5.59. The Kier molecular flexibility index (Phi) is 3.91. The third kappa shape index (κ3) is 3.20. The molecule has 1 aliphatic heterocycles. The summed E-state index contributed by atoms with van der Waals surface area (Å²) in [4.78, 5) is 26.4. The summed E-state index contributed by atoms with van der Waals surface area (Å²) in [5.74, 6) is -0.226. The summed E-state index contributed by atoms with van der Waals surface area (Å²) < 4.78 is 0. The Morgan fingerprint density at radius 3 is 2.06 bits per heavy atom. The smallest absolute Gasteiger partial charge is 0.254 e. The average molecular weight is 228 g/mol. The molecule has 0 saturated carbocycles. The molecule has 1 saturated heterocycles. The van der Waals surface area contributed by atoms with Crippen molar-refractivity contribution in [1.82, 2.24) is 9.80 Å². The third-order valence-corrected chi connectivity index (χ3v) is 2.75. The zero-order chi connectivity index (χ0) is 12.3. The molecule has 5 nitrogen and oxygen atoms in total. The number of hydrogen-bond donors (Lipinski definition) is 1. The molecule has 5 heteroatoms. The standard InChI is InChI=1S/C11H20N2O3/c1-9(14)12-5-4-6-13(8-7-12)10(15)11(2,3)16/h16H,4-8H2,1-3H3. The SMILES string of the molecule is CC(=O)N1CCCN(C(=O)C(C)(C)O)CC1. The molecule has 2 amide bonds. The summed E-state index contributed by atoms with van der Waals surface area (Å²) in [5.41, 5.74) is -1.33. The van der Waals surface area contributed by atoms with E-state index in [1.807, 2.05) is 0 Å². The molecule has 1 heterocycles. The van der Waals surface area contributed by atoms with Crippen molar-refractivity contribution in [1.29, 1.82) is 0 Å². The molecule has 0 aliphatic carbocycles. The fraction of sp³-hybridized carbons (Fsp3) is 0.818. The molecule has 0 spiro atoms. The van der Waals surface area contributed by atoms with Crippen molar-refractivity contribution in [3.63, 3.8) is 0 Å². The Morgan fingerprint density at radius 1 is 1.06 bits per heavy atom. The van der Waals surface area contributed by atoms with E-state index in [1.165, 1.54) is 20.8 Å². The van der Waals surface area contributed by atoms with E-state index < -0.39 is 5.60 Å². The van der Waals surface area contributed by atoms with Gasteiger partial charge in [-0.2, -0.15) is 0 Å². The zero-order valence-electron chi connectivity index (χ0n) is 10.2. The van der Waals surface area contributed by atoms with E-state index in [4.69, 9.17) is 0 Å². The van der Waals surface area contributed by atoms with Crippen LogP contribution in [0.2, 0.25) is 0 Å². The van der Waals surface area contributed by atoms with Gasteiger partial charge in [-0.3, -0.25) is 9.59 Å². The second-order valence-electron chi connectivity index (χ2n) is 4.71. The molecule has 0 bridgehead atoms. The average Bonchev–Trinajstić information content (AvgIpc) is 2.39. The minimum atomic E-state index is -1.33. The lowest BCUT2D eigenvalue weighted by atomic mass is 10.1. The van der Waals surface area contributed by atoms with Gasteiger partial charge in [0.2, 0.25) is 5.91 Å². The van der Waals surface area contributed by atoms with Gasteiger partial charge >= 0.3 is 0 Å². The molecule has 1 fully saturated rings. The lowest BCUT2D eigenvalue weighted by Gasteiger charge is -2.27. The van der Waals surface area contributed by atoms with Gasteiger partial charge in [0.1, 0.15) is 5.60 Å². The van der Waals surface area contributed by atoms with E-state index in [2.05, 4.69) is 0 Å². The molecule has 16 heavy (non-hydrogen) atoms. The fourth-order valence-corrected chi connectivity index (χ4v) is 1.82. The number of nitrogens with zero attached hydrogens (tertiary/aromatic N) is 2. The largest absolute Gasteiger partial charge is 0.381 e. The number of carbonyl (C=O) groups is 2. The van der Waals surface area contributed by atoms with Crippen LogP contribution >= 0.6 is 0 Å². The van der Waals surface area contributed by atoms with Gasteiger partial charge in [-0.15, -0.1) is 0 Å². The van der Waals surface area contributed by atoms with Crippen molar-refractivity contribution in [2.75, 3.05) is 26.2 Å². The van der Waals surface area contributed by atoms with Crippen molar-refractivity contribution in [3.05, 3.63) is 0 Å². The van der Waals surface area contributed by atoms with Crippen molar-refractivity contribution in [3.8, 4) is 0 Å². The minimum absolute atomic E-state index is 0.0394. The van der Waals surface area contributed by atoms with Crippen molar-refractivity contribution < 1.29 is 14.7 Å². The van der Waals surface area contributed by atoms with Crippen LogP contribution in [0.1, 0.15) is 27.2 Å². The molecule has 1 N–H and O–H groups in total. The quantitative estimate of drug-likeness (QED) is 0.678. The van der Waals surface area contributed by atoms with Gasteiger partial charge in [-0.1, -0.05) is 0 Å². The molecule has 0 unspecified atom stereocenters. The van der Waals surface area contributed by atoms with E-state index in [0.717, 1.165) is 6.42 Å². The molecule has 0 aromatic heterocycles. The highest BCUT2D eigenvalue weighted by atomic mass is 16.3. The van der Waals surface area contributed by atoms with Gasteiger partial charge < -0.3 is 14.9 Å². The molecule has 92 valence electrons. The first-order chi connectivity index (χ1) is 7.32. The van der Waals surface area contributed by atoms with Gasteiger partial charge in [-0.25, -0.2) is 0 Å². The molecular formula is C11H20N2O3. The van der Waals surface area contributed by atoms with Gasteiger partial charge in [-0.05, 0) is 20.3 Å². The normalized spacial score (nSPS) is 18.2. The van der Waals surface area contributed by atoms with E-state index in [-0.39, 0.29) is 11.8 Å². The van der Waals surface area contributed by atoms with Crippen LogP contribution in [0.4, 0.5) is 0 Å². The van der Waals surface area contributed by atoms with Crippen LogP contribution in [0.15, 0.2) is 0 Å². The van der Waals surface area contributed by atoms with Crippen LogP contribution in [0.5, 0.6) is 0 Å². The predicted molar refractivity (Wildman–Crippen MR) is 59.7 cm³/mol. The van der Waals surface area contributed by atoms with Crippen LogP contribution in [0, 0.1) is 0 Å². The van der Waals surface area contributed by atoms with Crippen LogP contribution in [-0.2, 0) is 9.59 Å². The first-order valence-corrected chi connectivity index (χ1v) is 5.59. The van der Waals surface area contributed by atoms with Gasteiger partial charge in [0.05, 0.1) is 0 Å². The molecule has 0 radical (unpaired) electrons. The predicted octanol–water partition coefficient (Wildman–Crippen LogP) is -0.162. The summed E-state index contributed by atoms with van der Waals surface area (Å²) in [7, 11) is 0. The molecular weight excluding hydrogens is 208 g/mol. The summed E-state index contributed by atoms with van der Waals surface area (Å²) in [6.07, 6.45) is 0.765. The summed E-state index contributed by atoms with van der Waals surface area (Å²) in [5, 5.41) is 9.63. The fourth-order valence-electron chi connectivity index (χ4n) is 1.82. The maximum atomic E-state index is 11.8. The van der Waals surface area contributed by atoms with E-state index in [0.29, 0.717) is 26.2 Å². The maximum Gasteiger partial charge on any atom is 0.254 e. The number of aliphatic hydroxyl groups is 1. The minimum Gasteiger partial charge on any atom is -0.381 e. The molecule has 1 aliphatic rings. The number of amides is 2. The Bertz CT molecular complexity index is 283. The van der Waals surface area contributed by atoms with Gasteiger partial charge in [0.25, 0.3) is 5.91 Å². The lowest BCUT2D eigenvalue weighted by Crippen LogP contribution is -2.46. The van der Waals surface area contributed by atoms with E-state index >= 15 is 0 Å². The molecule has 0 atom stereocenters. The zero-order valence-corrected chi connectivity index (χ0v) is 10.2. The highest BCUT2D eigenvalue weighted by molar-refractivity contribution is 5.84. The monoisotopic (exact) mass is 228 g/mol. The summed E-state index contributed by atoms with van der Waals surface area (Å²) >= 11 is 0. The van der Waals surface area contributed by atoms with Crippen molar-refractivity contribution in [2.45, 2.75) is 32.8 Å². The van der Waals surface area contributed by atoms with Crippen LogP contribution in [0.3, 0.4) is 0 Å². The Hall–Kier alpha value is -1.10. The van der Waals surface area contributed by atoms with E-state index in [1.54, 1.807) is 9.80 Å². The molecule has 1 rings (SSSR count). The Morgan fingerprint density at radius 2 is 1.56 bits per heavy atom. The Balaban J connectivity index is 2.60. The van der Waals surface area contributed by atoms with Gasteiger partial charge in [0, 0.05) is 33.1 Å². The molecule has 0 aromatic rings. The van der Waals surface area contributed by atoms with Crippen LogP contribution < -0.4 is 0 Å². The number of hydrogen-bond acceptors (Lipinski definition) is 3. The highest BCUT2D eigenvalue weighted by Gasteiger charge is 2.30. The second kappa shape index (κ2) is 4.82. The summed E-state index contributed by atoms with van der Waals surface area (Å²) in [6.45, 7) is 6.86. The van der Waals surface area contributed by atoms with Crippen LogP contribution in [-0.4, -0.2) is 58.5 Å². The van der Waals surface area contributed by atoms with Gasteiger partial charge in [0.15, 0.2) is 0 Å². The molecule has 0 aromatic carbocycles. The maximum absolute atomic E-state index is 11.8.